The van der Waals surface area contributed by atoms with Gasteiger partial charge in [-0.3, -0.25) is 0 Å². The fourth-order valence-corrected chi connectivity index (χ4v) is 2.65. The van der Waals surface area contributed by atoms with E-state index in [9.17, 15) is 35.8 Å². The number of phenols is 1. The Kier molecular flexibility index (Phi) is 4.59. The molecule has 3 aromatic rings. The molecule has 0 saturated carbocycles. The smallest absolute Gasteiger partial charge is 0.422 e. The molecule has 3 rings (SSSR count). The summed E-state index contributed by atoms with van der Waals surface area (Å²) in [6.45, 7) is 0. The fourth-order valence-electron chi connectivity index (χ4n) is 2.65. The monoisotopic (exact) mass is 386 g/mol. The molecule has 0 unspecified atom stereocenters. The summed E-state index contributed by atoms with van der Waals surface area (Å²) in [5.74, 6) is -5.91. The molecule has 0 atom stereocenters. The van der Waals surface area contributed by atoms with Crippen LogP contribution in [-0.4, -0.2) is 5.11 Å². The molecule has 140 valence electrons. The second kappa shape index (κ2) is 6.61. The lowest BCUT2D eigenvalue weighted by atomic mass is 9.98. The van der Waals surface area contributed by atoms with Crippen LogP contribution in [0.2, 0.25) is 0 Å². The molecular weight excluding hydrogens is 377 g/mol. The van der Waals surface area contributed by atoms with E-state index in [1.807, 2.05) is 0 Å². The van der Waals surface area contributed by atoms with E-state index in [0.717, 1.165) is 18.2 Å². The molecule has 0 aliphatic heterocycles. The van der Waals surface area contributed by atoms with Crippen molar-refractivity contribution in [3.8, 4) is 28.0 Å². The van der Waals surface area contributed by atoms with Crippen LogP contribution < -0.4 is 0 Å². The number of hydrogen-bond acceptors (Lipinski definition) is 1. The zero-order valence-corrected chi connectivity index (χ0v) is 13.2. The van der Waals surface area contributed by atoms with Crippen LogP contribution in [0.3, 0.4) is 0 Å². The second-order valence-corrected chi connectivity index (χ2v) is 5.67. The van der Waals surface area contributed by atoms with E-state index in [2.05, 4.69) is 0 Å². The van der Waals surface area contributed by atoms with Gasteiger partial charge in [0, 0.05) is 17.2 Å². The number of benzene rings is 3. The van der Waals surface area contributed by atoms with Gasteiger partial charge in [-0.05, 0) is 41.5 Å². The third-order valence-electron chi connectivity index (χ3n) is 3.87. The summed E-state index contributed by atoms with van der Waals surface area (Å²) < 4.78 is 93.5. The lowest BCUT2D eigenvalue weighted by Gasteiger charge is -2.12. The predicted octanol–water partition coefficient (Wildman–Crippen LogP) is 6.30. The minimum absolute atomic E-state index is 0.0389. The first-order valence-electron chi connectivity index (χ1n) is 7.43. The van der Waals surface area contributed by atoms with Crippen molar-refractivity contribution < 1.29 is 35.8 Å². The molecule has 0 aromatic heterocycles. The van der Waals surface area contributed by atoms with Crippen LogP contribution in [0.5, 0.6) is 5.75 Å². The van der Waals surface area contributed by atoms with Crippen molar-refractivity contribution in [3.05, 3.63) is 77.4 Å². The summed E-state index contributed by atoms with van der Waals surface area (Å²) in [5.41, 5.74) is -2.82. The summed E-state index contributed by atoms with van der Waals surface area (Å²) >= 11 is 0. The van der Waals surface area contributed by atoms with Gasteiger partial charge in [-0.2, -0.15) is 13.2 Å². The molecule has 0 heterocycles. The van der Waals surface area contributed by atoms with E-state index in [1.54, 1.807) is 0 Å². The molecule has 3 aromatic carbocycles. The van der Waals surface area contributed by atoms with Crippen LogP contribution in [0, 0.1) is 23.3 Å². The van der Waals surface area contributed by atoms with Crippen molar-refractivity contribution in [2.75, 3.05) is 0 Å². The maximum Gasteiger partial charge on any atom is 0.422 e. The van der Waals surface area contributed by atoms with Crippen molar-refractivity contribution >= 4 is 0 Å². The zero-order chi connectivity index (χ0) is 19.9. The summed E-state index contributed by atoms with van der Waals surface area (Å²) in [6.07, 6.45) is -5.23. The Morgan fingerprint density at radius 1 is 0.593 bits per heavy atom. The molecule has 0 radical (unpaired) electrons. The van der Waals surface area contributed by atoms with Crippen LogP contribution in [0.25, 0.3) is 22.3 Å². The second-order valence-electron chi connectivity index (χ2n) is 5.67. The molecule has 0 saturated heterocycles. The maximum atomic E-state index is 14.4. The van der Waals surface area contributed by atoms with E-state index < -0.39 is 40.6 Å². The number of aromatic hydroxyl groups is 1. The largest absolute Gasteiger partial charge is 0.508 e. The fraction of sp³-hybridized carbons (Fsp3) is 0.0526. The Bertz CT molecular complexity index is 1000. The van der Waals surface area contributed by atoms with Gasteiger partial charge in [0.25, 0.3) is 0 Å². The number of rotatable bonds is 2. The number of halogens is 7. The van der Waals surface area contributed by atoms with Gasteiger partial charge in [-0.1, -0.05) is 12.1 Å². The normalized spacial score (nSPS) is 11.7. The number of phenolic OH excluding ortho intramolecular Hbond substituents is 1. The number of alkyl halides is 3. The third kappa shape index (κ3) is 3.60. The van der Waals surface area contributed by atoms with E-state index in [0.29, 0.717) is 12.1 Å². The molecule has 0 fully saturated rings. The van der Waals surface area contributed by atoms with Gasteiger partial charge in [-0.25, -0.2) is 17.6 Å². The average Bonchev–Trinajstić information content (AvgIpc) is 2.52. The summed E-state index contributed by atoms with van der Waals surface area (Å²) in [7, 11) is 0. The topological polar surface area (TPSA) is 20.2 Å². The Morgan fingerprint density at radius 2 is 1.07 bits per heavy atom. The van der Waals surface area contributed by atoms with Gasteiger partial charge in [0.1, 0.15) is 34.6 Å². The van der Waals surface area contributed by atoms with E-state index in [1.165, 1.54) is 18.2 Å². The van der Waals surface area contributed by atoms with E-state index in [4.69, 9.17) is 0 Å². The van der Waals surface area contributed by atoms with E-state index in [-0.39, 0.29) is 22.4 Å². The van der Waals surface area contributed by atoms with Crippen LogP contribution >= 0.6 is 0 Å². The molecule has 27 heavy (non-hydrogen) atoms. The van der Waals surface area contributed by atoms with Crippen LogP contribution in [0.1, 0.15) is 5.56 Å². The highest BCUT2D eigenvalue weighted by atomic mass is 19.4. The minimum atomic E-state index is -5.23. The van der Waals surface area contributed by atoms with Gasteiger partial charge >= 0.3 is 6.18 Å². The summed E-state index contributed by atoms with van der Waals surface area (Å²) in [5, 5.41) is 9.20. The van der Waals surface area contributed by atoms with Crippen LogP contribution in [0.15, 0.2) is 48.5 Å². The average molecular weight is 386 g/mol. The SMILES string of the molecule is Oc1ccc(-c2ccc(-c3cc(F)c(C(F)(F)F)c(F)c3)c(F)c2)c(F)c1. The maximum absolute atomic E-state index is 14.4. The molecule has 1 N–H and O–H groups in total. The highest BCUT2D eigenvalue weighted by Crippen LogP contribution is 2.37. The quantitative estimate of drug-likeness (QED) is 0.513. The van der Waals surface area contributed by atoms with Crippen LogP contribution in [-0.2, 0) is 6.18 Å². The van der Waals surface area contributed by atoms with Gasteiger partial charge in [0.15, 0.2) is 0 Å². The molecular formula is C19H9F7O. The van der Waals surface area contributed by atoms with Gasteiger partial charge in [-0.15, -0.1) is 0 Å². The van der Waals surface area contributed by atoms with Gasteiger partial charge in [0.05, 0.1) is 0 Å². The summed E-state index contributed by atoms with van der Waals surface area (Å²) in [4.78, 5) is 0. The van der Waals surface area contributed by atoms with E-state index >= 15 is 0 Å². The molecule has 8 heteroatoms. The van der Waals surface area contributed by atoms with Gasteiger partial charge < -0.3 is 5.11 Å². The lowest BCUT2D eigenvalue weighted by Crippen LogP contribution is -2.11. The van der Waals surface area contributed by atoms with Crippen molar-refractivity contribution in [1.82, 2.24) is 0 Å². The van der Waals surface area contributed by atoms with Crippen molar-refractivity contribution in [3.63, 3.8) is 0 Å². The Morgan fingerprint density at radius 3 is 1.59 bits per heavy atom. The predicted molar refractivity (Wildman–Crippen MR) is 83.8 cm³/mol. The molecule has 0 aliphatic carbocycles. The lowest BCUT2D eigenvalue weighted by molar-refractivity contribution is -0.142. The first-order chi connectivity index (χ1) is 12.6. The molecule has 0 amide bonds. The highest BCUT2D eigenvalue weighted by Gasteiger charge is 2.38. The van der Waals surface area contributed by atoms with Gasteiger partial charge in [0.2, 0.25) is 0 Å². The zero-order valence-electron chi connectivity index (χ0n) is 13.2. The van der Waals surface area contributed by atoms with Crippen LogP contribution in [0.4, 0.5) is 30.7 Å². The Balaban J connectivity index is 2.07. The first-order valence-corrected chi connectivity index (χ1v) is 7.43. The first kappa shape index (κ1) is 18.8. The number of hydrogen-bond donors (Lipinski definition) is 1. The minimum Gasteiger partial charge on any atom is -0.508 e. The van der Waals surface area contributed by atoms with Crippen molar-refractivity contribution in [1.29, 1.82) is 0 Å². The summed E-state index contributed by atoms with van der Waals surface area (Å²) in [6, 6.07) is 7.15. The molecule has 0 bridgehead atoms. The highest BCUT2D eigenvalue weighted by molar-refractivity contribution is 5.72. The van der Waals surface area contributed by atoms with Crippen molar-refractivity contribution in [2.24, 2.45) is 0 Å². The third-order valence-corrected chi connectivity index (χ3v) is 3.87. The molecule has 0 spiro atoms. The Hall–Kier alpha value is -3.03. The van der Waals surface area contributed by atoms with Crippen molar-refractivity contribution in [2.45, 2.75) is 6.18 Å². The standard InChI is InChI=1S/C19H9F7O/c20-14-5-9(12-4-2-11(27)8-15(12)21)1-3-13(14)10-6-16(22)18(17(23)7-10)19(24,25)26/h1-8,27H. The molecule has 0 aliphatic rings. The Labute approximate surface area is 148 Å². The molecule has 1 nitrogen and oxygen atoms in total.